The quantitative estimate of drug-likeness (QED) is 0.399. The number of urea groups is 1. The van der Waals surface area contributed by atoms with Crippen LogP contribution in [0.1, 0.15) is 5.76 Å². The third-order valence-electron chi connectivity index (χ3n) is 3.11. The summed E-state index contributed by atoms with van der Waals surface area (Å²) < 4.78 is 5.51. The number of carbonyl (C=O) groups is 2. The number of furan rings is 1. The molecule has 0 saturated carbocycles. The molecule has 3 amide bonds. The summed E-state index contributed by atoms with van der Waals surface area (Å²) in [5.41, 5.74) is 0.644. The molecule has 9 heteroatoms. The van der Waals surface area contributed by atoms with E-state index in [0.29, 0.717) is 22.1 Å². The van der Waals surface area contributed by atoms with Gasteiger partial charge in [-0.1, -0.05) is 0 Å². The van der Waals surface area contributed by atoms with Crippen LogP contribution in [0.4, 0.5) is 10.5 Å². The maximum absolute atomic E-state index is 11.4. The number of imide groups is 1. The Morgan fingerprint density at radius 2 is 1.96 bits per heavy atom. The molecule has 0 atom stereocenters. The zero-order valence-corrected chi connectivity index (χ0v) is 11.6. The second-order valence-electron chi connectivity index (χ2n) is 4.61. The topological polar surface area (TPSA) is 118 Å². The summed E-state index contributed by atoms with van der Waals surface area (Å²) in [5.74, 6) is 0.373. The summed E-state index contributed by atoms with van der Waals surface area (Å²) in [5, 5.41) is 17.4. The Hall–Kier alpha value is -3.49. The molecule has 1 aromatic heterocycles. The fraction of sp³-hybridized carbons (Fsp3) is 0.0714. The summed E-state index contributed by atoms with van der Waals surface area (Å²) in [6.07, 6.45) is 1.25. The van der Waals surface area contributed by atoms with Crippen molar-refractivity contribution in [2.45, 2.75) is 0 Å². The lowest BCUT2D eigenvalue weighted by molar-refractivity contribution is -0.384. The highest BCUT2D eigenvalue weighted by atomic mass is 16.6. The molecule has 1 aliphatic rings. The van der Waals surface area contributed by atoms with Gasteiger partial charge >= 0.3 is 6.03 Å². The van der Waals surface area contributed by atoms with Crippen molar-refractivity contribution in [2.75, 3.05) is 6.54 Å². The number of nitro benzene ring substituents is 1. The first kappa shape index (κ1) is 14.4. The molecule has 2 aromatic rings. The number of hydrogen-bond donors (Lipinski definition) is 1. The molecule has 0 spiro atoms. The molecule has 1 saturated heterocycles. The van der Waals surface area contributed by atoms with Gasteiger partial charge in [0.05, 0.1) is 11.1 Å². The highest BCUT2D eigenvalue weighted by molar-refractivity contribution is 6.02. The number of hydrazone groups is 1. The fourth-order valence-electron chi connectivity index (χ4n) is 1.97. The highest BCUT2D eigenvalue weighted by Gasteiger charge is 2.27. The molecule has 1 fully saturated rings. The molecule has 1 N–H and O–H groups in total. The van der Waals surface area contributed by atoms with E-state index in [2.05, 4.69) is 10.4 Å². The SMILES string of the molecule is O=C1CNC(=O)N1/N=C/c1ccc(-c2ccc([N+](=O)[O-])cc2)o1. The van der Waals surface area contributed by atoms with Crippen LogP contribution in [-0.2, 0) is 4.79 Å². The number of rotatable bonds is 4. The van der Waals surface area contributed by atoms with Crippen molar-refractivity contribution in [3.8, 4) is 11.3 Å². The lowest BCUT2D eigenvalue weighted by Gasteiger charge is -2.02. The van der Waals surface area contributed by atoms with Crippen LogP contribution < -0.4 is 5.32 Å². The van der Waals surface area contributed by atoms with Gasteiger partial charge in [-0.05, 0) is 24.3 Å². The van der Waals surface area contributed by atoms with Crippen LogP contribution in [0, 0.1) is 10.1 Å². The predicted molar refractivity (Wildman–Crippen MR) is 78.6 cm³/mol. The maximum atomic E-state index is 11.4. The normalized spacial score (nSPS) is 14.5. The van der Waals surface area contributed by atoms with Gasteiger partial charge in [0.15, 0.2) is 0 Å². The van der Waals surface area contributed by atoms with E-state index in [1.54, 1.807) is 24.3 Å². The van der Waals surface area contributed by atoms with E-state index in [9.17, 15) is 19.7 Å². The number of benzene rings is 1. The van der Waals surface area contributed by atoms with Gasteiger partial charge in [-0.25, -0.2) is 4.79 Å². The first-order chi connectivity index (χ1) is 11.0. The van der Waals surface area contributed by atoms with E-state index >= 15 is 0 Å². The minimum atomic E-state index is -0.589. The summed E-state index contributed by atoms with van der Waals surface area (Å²) in [7, 11) is 0. The molecule has 0 aliphatic carbocycles. The predicted octanol–water partition coefficient (Wildman–Crippen LogP) is 1.74. The van der Waals surface area contributed by atoms with E-state index in [1.165, 1.54) is 18.3 Å². The molecule has 2 heterocycles. The second kappa shape index (κ2) is 5.72. The van der Waals surface area contributed by atoms with E-state index in [-0.39, 0.29) is 12.2 Å². The van der Waals surface area contributed by atoms with Crippen molar-refractivity contribution in [3.05, 3.63) is 52.3 Å². The molecule has 23 heavy (non-hydrogen) atoms. The maximum Gasteiger partial charge on any atom is 0.345 e. The van der Waals surface area contributed by atoms with Gasteiger partial charge < -0.3 is 9.73 Å². The van der Waals surface area contributed by atoms with Crippen LogP contribution in [0.3, 0.4) is 0 Å². The molecule has 1 aromatic carbocycles. The van der Waals surface area contributed by atoms with Crippen molar-refractivity contribution in [2.24, 2.45) is 5.10 Å². The lowest BCUT2D eigenvalue weighted by atomic mass is 10.1. The number of non-ortho nitro benzene ring substituents is 1. The Morgan fingerprint density at radius 3 is 2.57 bits per heavy atom. The van der Waals surface area contributed by atoms with Gasteiger partial charge in [0.2, 0.25) is 0 Å². The van der Waals surface area contributed by atoms with Crippen molar-refractivity contribution in [1.82, 2.24) is 10.3 Å². The standard InChI is InChI=1S/C14H10N4O5/c19-13-8-15-14(20)17(13)16-7-11-5-6-12(23-11)9-1-3-10(4-2-9)18(21)22/h1-7H,8H2,(H,15,20)/b16-7+. The second-order valence-corrected chi connectivity index (χ2v) is 4.61. The third kappa shape index (κ3) is 2.93. The minimum Gasteiger partial charge on any atom is -0.455 e. The van der Waals surface area contributed by atoms with Crippen LogP contribution in [0.25, 0.3) is 11.3 Å². The highest BCUT2D eigenvalue weighted by Crippen LogP contribution is 2.24. The Morgan fingerprint density at radius 1 is 1.22 bits per heavy atom. The van der Waals surface area contributed by atoms with Gasteiger partial charge in [0.25, 0.3) is 11.6 Å². The van der Waals surface area contributed by atoms with Gasteiger partial charge in [-0.15, -0.1) is 5.01 Å². The van der Waals surface area contributed by atoms with Crippen molar-refractivity contribution in [3.63, 3.8) is 0 Å². The molecular formula is C14H10N4O5. The molecule has 3 rings (SSSR count). The molecule has 116 valence electrons. The zero-order valence-electron chi connectivity index (χ0n) is 11.6. The van der Waals surface area contributed by atoms with Crippen molar-refractivity contribution < 1.29 is 18.9 Å². The van der Waals surface area contributed by atoms with Crippen molar-refractivity contribution >= 4 is 23.8 Å². The molecule has 9 nitrogen and oxygen atoms in total. The van der Waals surface area contributed by atoms with Crippen LogP contribution in [0.15, 0.2) is 45.9 Å². The first-order valence-electron chi connectivity index (χ1n) is 6.54. The largest absolute Gasteiger partial charge is 0.455 e. The smallest absolute Gasteiger partial charge is 0.345 e. The van der Waals surface area contributed by atoms with Crippen LogP contribution in [-0.4, -0.2) is 34.6 Å². The average Bonchev–Trinajstić information content (AvgIpc) is 3.13. The van der Waals surface area contributed by atoms with Crippen molar-refractivity contribution in [1.29, 1.82) is 0 Å². The van der Waals surface area contributed by atoms with E-state index in [0.717, 1.165) is 0 Å². The summed E-state index contributed by atoms with van der Waals surface area (Å²) in [6, 6.07) is 8.56. The number of nitrogens with zero attached hydrogens (tertiary/aromatic N) is 3. The Bertz CT molecular complexity index is 793. The summed E-state index contributed by atoms with van der Waals surface area (Å²) in [6.45, 7) is -0.0810. The number of nitrogens with one attached hydrogen (secondary N) is 1. The first-order valence-corrected chi connectivity index (χ1v) is 6.54. The number of carbonyl (C=O) groups excluding carboxylic acids is 2. The average molecular weight is 314 g/mol. The molecule has 0 bridgehead atoms. The Kier molecular flexibility index (Phi) is 3.59. The zero-order chi connectivity index (χ0) is 16.4. The number of hydrogen-bond acceptors (Lipinski definition) is 6. The van der Waals surface area contributed by atoms with Crippen LogP contribution in [0.5, 0.6) is 0 Å². The van der Waals surface area contributed by atoms with Crippen LogP contribution in [0.2, 0.25) is 0 Å². The molecule has 0 unspecified atom stereocenters. The summed E-state index contributed by atoms with van der Waals surface area (Å²) >= 11 is 0. The Balaban J connectivity index is 1.76. The van der Waals surface area contributed by atoms with E-state index in [4.69, 9.17) is 4.42 Å². The number of amides is 3. The summed E-state index contributed by atoms with van der Waals surface area (Å²) in [4.78, 5) is 32.8. The van der Waals surface area contributed by atoms with Gasteiger partial charge in [0, 0.05) is 17.7 Å². The lowest BCUT2D eigenvalue weighted by Crippen LogP contribution is -2.25. The van der Waals surface area contributed by atoms with Crippen LogP contribution >= 0.6 is 0 Å². The van der Waals surface area contributed by atoms with E-state index < -0.39 is 16.9 Å². The van der Waals surface area contributed by atoms with Gasteiger partial charge in [0.1, 0.15) is 18.1 Å². The molecule has 0 radical (unpaired) electrons. The fourth-order valence-corrected chi connectivity index (χ4v) is 1.97. The molecular weight excluding hydrogens is 304 g/mol. The monoisotopic (exact) mass is 314 g/mol. The van der Waals surface area contributed by atoms with E-state index in [1.807, 2.05) is 0 Å². The molecule has 1 aliphatic heterocycles. The number of nitro groups is 1. The minimum absolute atomic E-state index is 0.0133. The van der Waals surface area contributed by atoms with Gasteiger partial charge in [-0.3, -0.25) is 14.9 Å². The third-order valence-corrected chi connectivity index (χ3v) is 3.11. The van der Waals surface area contributed by atoms with Gasteiger partial charge in [-0.2, -0.15) is 5.10 Å². The Labute approximate surface area is 129 Å².